The molecule has 0 bridgehead atoms. The number of carbonyl (C=O) groups excluding carboxylic acids is 4. The average Bonchev–Trinajstić information content (AvgIpc) is 3.71. The molecule has 0 radical (unpaired) electrons. The Morgan fingerprint density at radius 1 is 0.743 bits per heavy atom. The number of piperazine rings is 1. The van der Waals surface area contributed by atoms with E-state index in [1.165, 1.54) is 71.2 Å². The number of hydrogen-bond acceptors (Lipinski definition) is 14. The number of nitrogens with zero attached hydrogens (tertiary/aromatic N) is 8. The van der Waals surface area contributed by atoms with Crippen LogP contribution in [0.4, 0.5) is 17.3 Å². The van der Waals surface area contributed by atoms with E-state index < -0.39 is 6.04 Å². The van der Waals surface area contributed by atoms with E-state index in [1.807, 2.05) is 47.4 Å². The van der Waals surface area contributed by atoms with E-state index in [-0.39, 0.29) is 41.5 Å². The Morgan fingerprint density at radius 2 is 1.36 bits per heavy atom. The van der Waals surface area contributed by atoms with Crippen LogP contribution in [0.15, 0.2) is 79.1 Å². The van der Waals surface area contributed by atoms with Crippen LogP contribution in [0.2, 0.25) is 0 Å². The molecule has 1 aromatic heterocycles. The Bertz CT molecular complexity index is 2390. The van der Waals surface area contributed by atoms with Gasteiger partial charge in [-0.05, 0) is 150 Å². The number of imide groups is 1. The summed E-state index contributed by atoms with van der Waals surface area (Å²) in [6.45, 7) is 13.9. The number of para-hydroxylation sites is 1. The minimum atomic E-state index is -0.576. The lowest BCUT2D eigenvalue weighted by molar-refractivity contribution is -0.137. The number of piperidine rings is 4. The van der Waals surface area contributed by atoms with Crippen molar-refractivity contribution in [3.63, 3.8) is 0 Å². The lowest BCUT2D eigenvalue weighted by Crippen LogP contribution is -2.52. The van der Waals surface area contributed by atoms with Crippen LogP contribution in [0.5, 0.6) is 11.5 Å². The molecule has 6 N–H and O–H groups in total. The topological polar surface area (TPSA) is 211 Å². The van der Waals surface area contributed by atoms with Gasteiger partial charge in [-0.25, -0.2) is 9.97 Å². The van der Waals surface area contributed by atoms with Crippen molar-refractivity contribution in [2.45, 2.75) is 70.4 Å². The molecule has 1 atom stereocenters. The second kappa shape index (κ2) is 23.9. The molecule has 4 amide bonds. The maximum atomic E-state index is 12.9. The van der Waals surface area contributed by atoms with Gasteiger partial charge in [-0.3, -0.25) is 34.8 Å². The number of anilines is 3. The van der Waals surface area contributed by atoms with Crippen molar-refractivity contribution in [2.75, 3.05) is 102 Å². The van der Waals surface area contributed by atoms with Crippen LogP contribution in [0.3, 0.4) is 0 Å². The molecule has 6 aliphatic rings. The van der Waals surface area contributed by atoms with Gasteiger partial charge in [0.25, 0.3) is 5.91 Å². The number of nitrogens with two attached hydrogens (primary N) is 2. The number of rotatable bonds is 11. The van der Waals surface area contributed by atoms with Crippen molar-refractivity contribution in [1.82, 2.24) is 39.8 Å². The van der Waals surface area contributed by atoms with Crippen LogP contribution in [-0.4, -0.2) is 156 Å². The first-order chi connectivity index (χ1) is 34.0. The van der Waals surface area contributed by atoms with Gasteiger partial charge in [-0.2, -0.15) is 0 Å². The van der Waals surface area contributed by atoms with Crippen LogP contribution in [0.25, 0.3) is 0 Å². The van der Waals surface area contributed by atoms with Crippen LogP contribution < -0.4 is 26.4 Å². The number of fused-ring (bicyclic) bond motifs is 1. The number of nitrogens with one attached hydrogen (secondary N) is 2. The molecule has 17 heteroatoms. The number of likely N-dealkylation sites (tertiary alicyclic amines) is 3. The van der Waals surface area contributed by atoms with E-state index in [0.29, 0.717) is 41.3 Å². The molecule has 70 heavy (non-hydrogen) atoms. The zero-order valence-corrected chi connectivity index (χ0v) is 40.6. The predicted octanol–water partition coefficient (Wildman–Crippen LogP) is 5.10. The molecule has 5 saturated heterocycles. The monoisotopic (exact) mass is 955 g/mol. The van der Waals surface area contributed by atoms with Crippen LogP contribution in [-0.2, 0) is 20.9 Å². The van der Waals surface area contributed by atoms with Crippen molar-refractivity contribution >= 4 is 47.2 Å². The largest absolute Gasteiger partial charge is 0.457 e. The van der Waals surface area contributed by atoms with E-state index in [4.69, 9.17) is 21.6 Å². The number of carbonyl (C=O) groups is 4. The third-order valence-electron chi connectivity index (χ3n) is 14.6. The number of benzene rings is 3. The zero-order chi connectivity index (χ0) is 49.0. The summed E-state index contributed by atoms with van der Waals surface area (Å²) in [6, 6.07) is 22.0. The fourth-order valence-corrected chi connectivity index (χ4v) is 10.4. The third kappa shape index (κ3) is 13.0. The summed E-state index contributed by atoms with van der Waals surface area (Å²) >= 11 is 0. The summed E-state index contributed by atoms with van der Waals surface area (Å²) in [5.41, 5.74) is 15.5. The molecule has 17 nitrogen and oxygen atoms in total. The molecule has 6 aliphatic heterocycles. The van der Waals surface area contributed by atoms with E-state index >= 15 is 0 Å². The first-order valence-electron chi connectivity index (χ1n) is 25.1. The first kappa shape index (κ1) is 50.0. The predicted molar refractivity (Wildman–Crippen MR) is 272 cm³/mol. The van der Waals surface area contributed by atoms with Gasteiger partial charge in [0.2, 0.25) is 18.2 Å². The summed E-state index contributed by atoms with van der Waals surface area (Å²) in [7, 11) is 2.25. The molecule has 5 fully saturated rings. The molecular weight excluding hydrogens is 885 g/mol. The zero-order valence-electron chi connectivity index (χ0n) is 40.6. The van der Waals surface area contributed by atoms with Crippen molar-refractivity contribution in [1.29, 1.82) is 5.41 Å². The highest BCUT2D eigenvalue weighted by Gasteiger charge is 2.39. The second-order valence-corrected chi connectivity index (χ2v) is 19.6. The van der Waals surface area contributed by atoms with Crippen LogP contribution in [0.1, 0.15) is 84.8 Å². The third-order valence-corrected chi connectivity index (χ3v) is 14.6. The molecule has 3 aromatic carbocycles. The van der Waals surface area contributed by atoms with E-state index in [0.717, 1.165) is 88.0 Å². The highest BCUT2D eigenvalue weighted by atomic mass is 16.5. The maximum Gasteiger partial charge on any atom is 0.255 e. The molecule has 1 unspecified atom stereocenters. The number of ether oxygens (including phenoxy) is 1. The van der Waals surface area contributed by atoms with Crippen LogP contribution >= 0.6 is 0 Å². The molecule has 0 aliphatic carbocycles. The first-order valence-corrected chi connectivity index (χ1v) is 25.1. The summed E-state index contributed by atoms with van der Waals surface area (Å²) in [5.74, 6) is 2.68. The van der Waals surface area contributed by atoms with Gasteiger partial charge in [0.15, 0.2) is 0 Å². The highest BCUT2D eigenvalue weighted by molar-refractivity contribution is 6.16. The Labute approximate surface area is 412 Å². The fourth-order valence-electron chi connectivity index (χ4n) is 10.4. The van der Waals surface area contributed by atoms with Gasteiger partial charge in [-0.1, -0.05) is 24.6 Å². The Hall–Kier alpha value is -6.43. The summed E-state index contributed by atoms with van der Waals surface area (Å²) in [6.07, 6.45) is 12.2. The minimum absolute atomic E-state index is 0.128. The quantitative estimate of drug-likeness (QED) is 0.0878. The standard InChI is InChI=1S/C24H31N5O4.C17H15N5O.C12H24N2/c30-16-27-7-5-17(6-8-27)14-26-9-11-28(12-10-26)19-1-2-20-18(13-19)15-29(24(20)33)21-3-4-22(31)25-23(21)32;18-15(14-16(19)21-10-22-17(14)20)11-6-8-13(9-7-11)23-12-4-2-1-3-5-12;1-13-9-5-12(6-10-13)11-14-7-3-2-4-8-14/h1-2,13,16-17,21H,3-12,14-15H2,(H,25,31,32);1-10,18H,(H4,19,20,21,22);12H,2-11H2,1H3. The lowest BCUT2D eigenvalue weighted by Gasteiger charge is -2.39. The molecule has 0 saturated carbocycles. The molecular formula is C53H70N12O5. The summed E-state index contributed by atoms with van der Waals surface area (Å²) in [5, 5.41) is 10.6. The van der Waals surface area contributed by atoms with Crippen molar-refractivity contribution in [3.8, 4) is 11.5 Å². The average molecular weight is 955 g/mol. The normalized spacial score (nSPS) is 20.7. The molecule has 7 heterocycles. The van der Waals surface area contributed by atoms with Gasteiger partial charge in [0, 0.05) is 82.1 Å². The van der Waals surface area contributed by atoms with E-state index in [2.05, 4.69) is 48.0 Å². The van der Waals surface area contributed by atoms with Crippen LogP contribution in [0, 0.1) is 17.2 Å². The molecule has 4 aromatic rings. The fraction of sp³-hybridized carbons (Fsp3) is 0.491. The van der Waals surface area contributed by atoms with Gasteiger partial charge in [-0.15, -0.1) is 0 Å². The lowest BCUT2D eigenvalue weighted by atomic mass is 9.96. The maximum absolute atomic E-state index is 12.9. The Balaban J connectivity index is 0.000000154. The number of amides is 4. The van der Waals surface area contributed by atoms with Crippen molar-refractivity contribution in [2.24, 2.45) is 11.8 Å². The van der Waals surface area contributed by atoms with Gasteiger partial charge in [0.1, 0.15) is 35.5 Å². The Morgan fingerprint density at radius 3 is 1.99 bits per heavy atom. The molecule has 10 rings (SSSR count). The number of aromatic nitrogens is 2. The van der Waals surface area contributed by atoms with Gasteiger partial charge < -0.3 is 40.7 Å². The van der Waals surface area contributed by atoms with Crippen molar-refractivity contribution in [3.05, 3.63) is 101 Å². The van der Waals surface area contributed by atoms with Gasteiger partial charge >= 0.3 is 0 Å². The van der Waals surface area contributed by atoms with Gasteiger partial charge in [0.05, 0.1) is 11.3 Å². The Kier molecular flexibility index (Phi) is 17.1. The SMILES string of the molecule is CN1CCC(CN2CCCCC2)CC1.N=C(c1ccc(Oc2ccccc2)cc1)c1c(N)ncnc1N.O=CN1CCC(CN2CCN(c3ccc4c(c3)CN(C3CCC(=O)NC3=O)C4=O)CC2)CC1. The number of hydrogen-bond donors (Lipinski definition) is 4. The second-order valence-electron chi connectivity index (χ2n) is 19.6. The summed E-state index contributed by atoms with van der Waals surface area (Å²) < 4.78 is 5.72. The number of nitrogen functional groups attached to an aromatic ring is 2. The van der Waals surface area contributed by atoms with Crippen molar-refractivity contribution < 1.29 is 23.9 Å². The minimum Gasteiger partial charge on any atom is -0.457 e. The summed E-state index contributed by atoms with van der Waals surface area (Å²) in [4.78, 5) is 68.8. The smallest absolute Gasteiger partial charge is 0.255 e. The van der Waals surface area contributed by atoms with E-state index in [9.17, 15) is 19.2 Å². The highest BCUT2D eigenvalue weighted by Crippen LogP contribution is 2.32. The molecule has 0 spiro atoms. The molecule has 372 valence electrons. The van der Waals surface area contributed by atoms with E-state index in [1.54, 1.807) is 29.2 Å².